The summed E-state index contributed by atoms with van der Waals surface area (Å²) in [5, 5.41) is 18.9. The highest BCUT2D eigenvalue weighted by molar-refractivity contribution is 5.89. The number of para-hydroxylation sites is 1. The number of hydrogen-bond acceptors (Lipinski definition) is 6. The first-order chi connectivity index (χ1) is 10.5. The Morgan fingerprint density at radius 1 is 1.41 bits per heavy atom. The molecule has 1 aromatic heterocycles. The fourth-order valence-corrected chi connectivity index (χ4v) is 1.74. The summed E-state index contributed by atoms with van der Waals surface area (Å²) in [6.07, 6.45) is 3.64. The van der Waals surface area contributed by atoms with Crippen LogP contribution in [0.5, 0.6) is 17.2 Å². The number of allylic oxidation sites excluding steroid dienone is 1. The highest BCUT2D eigenvalue weighted by Crippen LogP contribution is 2.35. The third-order valence-corrected chi connectivity index (χ3v) is 2.70. The van der Waals surface area contributed by atoms with Crippen molar-refractivity contribution in [3.63, 3.8) is 0 Å². The zero-order chi connectivity index (χ0) is 16.1. The van der Waals surface area contributed by atoms with Gasteiger partial charge in [0.25, 0.3) is 5.75 Å². The third-order valence-electron chi connectivity index (χ3n) is 2.70. The van der Waals surface area contributed by atoms with E-state index in [0.717, 1.165) is 0 Å². The van der Waals surface area contributed by atoms with E-state index < -0.39 is 24.0 Å². The van der Waals surface area contributed by atoms with Crippen LogP contribution < -0.4 is 15.1 Å². The van der Waals surface area contributed by atoms with Crippen LogP contribution in [0.2, 0.25) is 0 Å². The summed E-state index contributed by atoms with van der Waals surface area (Å²) in [5.41, 5.74) is -0.935. The fraction of sp³-hybridized carbons (Fsp3) is 0.200. The molecule has 22 heavy (non-hydrogen) atoms. The second kappa shape index (κ2) is 6.66. The van der Waals surface area contributed by atoms with Gasteiger partial charge in [0.2, 0.25) is 0 Å². The Labute approximate surface area is 125 Å². The number of aromatic hydroxyl groups is 1. The lowest BCUT2D eigenvalue weighted by molar-refractivity contribution is -0.139. The van der Waals surface area contributed by atoms with E-state index >= 15 is 0 Å². The number of benzene rings is 1. The van der Waals surface area contributed by atoms with Gasteiger partial charge in [0, 0.05) is 0 Å². The predicted octanol–water partition coefficient (Wildman–Crippen LogP) is 2.26. The van der Waals surface area contributed by atoms with Crippen LogP contribution in [0.15, 0.2) is 39.7 Å². The number of carboxylic acid groups (broad SMARTS) is 1. The van der Waals surface area contributed by atoms with Crippen LogP contribution in [0.1, 0.15) is 13.3 Å². The SMILES string of the molecule is CC/C=C/Oc1c(O)c2cccc(OCC(=O)O)c2oc1=O. The fourth-order valence-electron chi connectivity index (χ4n) is 1.74. The van der Waals surface area contributed by atoms with Gasteiger partial charge >= 0.3 is 11.6 Å². The second-order valence-corrected chi connectivity index (χ2v) is 4.28. The van der Waals surface area contributed by atoms with Crippen LogP contribution in [0, 0.1) is 0 Å². The van der Waals surface area contributed by atoms with E-state index in [4.69, 9.17) is 19.0 Å². The Bertz CT molecular complexity index is 773. The van der Waals surface area contributed by atoms with E-state index in [1.807, 2.05) is 6.92 Å². The van der Waals surface area contributed by atoms with Crippen LogP contribution >= 0.6 is 0 Å². The Morgan fingerprint density at radius 3 is 2.86 bits per heavy atom. The molecule has 2 rings (SSSR count). The number of rotatable bonds is 6. The predicted molar refractivity (Wildman–Crippen MR) is 77.3 cm³/mol. The standard InChI is InChI=1S/C15H14O7/c1-2-3-7-20-14-12(18)9-5-4-6-10(21-8-11(16)17)13(9)22-15(14)19/h3-7,18H,2,8H2,1H3,(H,16,17)/b7-3+. The molecule has 0 bridgehead atoms. The zero-order valence-electron chi connectivity index (χ0n) is 11.7. The maximum atomic E-state index is 11.9. The lowest BCUT2D eigenvalue weighted by Crippen LogP contribution is -2.10. The van der Waals surface area contributed by atoms with Gasteiger partial charge in [-0.3, -0.25) is 0 Å². The van der Waals surface area contributed by atoms with Crippen molar-refractivity contribution in [3.05, 3.63) is 41.0 Å². The lowest BCUT2D eigenvalue weighted by atomic mass is 10.2. The molecule has 7 heteroatoms. The van der Waals surface area contributed by atoms with Gasteiger partial charge < -0.3 is 24.1 Å². The third kappa shape index (κ3) is 3.20. The molecule has 116 valence electrons. The van der Waals surface area contributed by atoms with Gasteiger partial charge in [-0.25, -0.2) is 9.59 Å². The van der Waals surface area contributed by atoms with Crippen molar-refractivity contribution < 1.29 is 28.9 Å². The van der Waals surface area contributed by atoms with E-state index in [1.165, 1.54) is 24.5 Å². The smallest absolute Gasteiger partial charge is 0.383 e. The highest BCUT2D eigenvalue weighted by atomic mass is 16.5. The number of carbonyl (C=O) groups is 1. The lowest BCUT2D eigenvalue weighted by Gasteiger charge is -2.09. The van der Waals surface area contributed by atoms with Gasteiger partial charge in [-0.1, -0.05) is 13.0 Å². The molecule has 1 heterocycles. The number of carboxylic acids is 1. The topological polar surface area (TPSA) is 106 Å². The van der Waals surface area contributed by atoms with Crippen LogP contribution in [0.25, 0.3) is 11.0 Å². The number of aliphatic carboxylic acids is 1. The molecule has 0 unspecified atom stereocenters. The van der Waals surface area contributed by atoms with Gasteiger partial charge in [0.1, 0.15) is 0 Å². The molecule has 0 aliphatic heterocycles. The molecule has 0 radical (unpaired) electrons. The van der Waals surface area contributed by atoms with Gasteiger partial charge in [-0.15, -0.1) is 0 Å². The number of hydrogen-bond donors (Lipinski definition) is 2. The average Bonchev–Trinajstić information content (AvgIpc) is 2.48. The summed E-state index contributed by atoms with van der Waals surface area (Å²) in [5.74, 6) is -1.86. The summed E-state index contributed by atoms with van der Waals surface area (Å²) in [6.45, 7) is 1.29. The van der Waals surface area contributed by atoms with Crippen molar-refractivity contribution >= 4 is 16.9 Å². The first-order valence-electron chi connectivity index (χ1n) is 6.49. The summed E-state index contributed by atoms with van der Waals surface area (Å²) in [7, 11) is 0. The second-order valence-electron chi connectivity index (χ2n) is 4.28. The Kier molecular flexibility index (Phi) is 4.67. The van der Waals surface area contributed by atoms with Gasteiger partial charge in [-0.2, -0.15) is 0 Å². The van der Waals surface area contributed by atoms with Gasteiger partial charge in [0.05, 0.1) is 11.6 Å². The molecule has 2 aromatic rings. The minimum absolute atomic E-state index is 0.0435. The molecule has 0 aliphatic rings. The molecule has 0 aliphatic carbocycles. The van der Waals surface area contributed by atoms with Gasteiger partial charge in [-0.05, 0) is 24.6 Å². The van der Waals surface area contributed by atoms with Crippen molar-refractivity contribution in [3.8, 4) is 17.2 Å². The van der Waals surface area contributed by atoms with Crippen LogP contribution in [-0.4, -0.2) is 22.8 Å². The van der Waals surface area contributed by atoms with E-state index in [-0.39, 0.29) is 22.5 Å². The largest absolute Gasteiger partial charge is 0.504 e. The Morgan fingerprint density at radius 2 is 2.18 bits per heavy atom. The molecule has 0 saturated heterocycles. The van der Waals surface area contributed by atoms with E-state index in [9.17, 15) is 14.7 Å². The van der Waals surface area contributed by atoms with Crippen LogP contribution in [0.3, 0.4) is 0 Å². The van der Waals surface area contributed by atoms with Crippen molar-refractivity contribution in [2.45, 2.75) is 13.3 Å². The maximum absolute atomic E-state index is 11.9. The molecule has 0 spiro atoms. The minimum Gasteiger partial charge on any atom is -0.504 e. The van der Waals surface area contributed by atoms with Crippen molar-refractivity contribution in [2.75, 3.05) is 6.61 Å². The van der Waals surface area contributed by atoms with Crippen molar-refractivity contribution in [2.24, 2.45) is 0 Å². The molecule has 0 atom stereocenters. The Hall–Kier alpha value is -2.96. The molecular formula is C15H14O7. The first-order valence-corrected chi connectivity index (χ1v) is 6.49. The summed E-state index contributed by atoms with van der Waals surface area (Å²) >= 11 is 0. The zero-order valence-corrected chi connectivity index (χ0v) is 11.7. The van der Waals surface area contributed by atoms with Crippen molar-refractivity contribution in [1.29, 1.82) is 0 Å². The Balaban J connectivity index is 2.50. The first kappa shape index (κ1) is 15.4. The molecule has 2 N–H and O–H groups in total. The normalized spacial score (nSPS) is 11.0. The molecule has 0 fully saturated rings. The molecule has 0 saturated carbocycles. The van der Waals surface area contributed by atoms with Gasteiger partial charge in [0.15, 0.2) is 23.7 Å². The average molecular weight is 306 g/mol. The minimum atomic E-state index is -1.17. The summed E-state index contributed by atoms with van der Waals surface area (Å²) < 4.78 is 15.2. The number of fused-ring (bicyclic) bond motifs is 1. The molecule has 7 nitrogen and oxygen atoms in total. The van der Waals surface area contributed by atoms with E-state index in [2.05, 4.69) is 0 Å². The number of ether oxygens (including phenoxy) is 2. The van der Waals surface area contributed by atoms with Crippen LogP contribution in [-0.2, 0) is 4.79 Å². The van der Waals surface area contributed by atoms with E-state index in [1.54, 1.807) is 6.08 Å². The highest BCUT2D eigenvalue weighted by Gasteiger charge is 2.18. The monoisotopic (exact) mass is 306 g/mol. The summed E-state index contributed by atoms with van der Waals surface area (Å²) in [6, 6.07) is 4.47. The van der Waals surface area contributed by atoms with E-state index in [0.29, 0.717) is 6.42 Å². The maximum Gasteiger partial charge on any atom is 0.383 e. The molecular weight excluding hydrogens is 292 g/mol. The summed E-state index contributed by atoms with van der Waals surface area (Å²) in [4.78, 5) is 22.4. The molecule has 0 amide bonds. The quantitative estimate of drug-likeness (QED) is 0.622. The van der Waals surface area contributed by atoms with Crippen LogP contribution in [0.4, 0.5) is 0 Å². The van der Waals surface area contributed by atoms with Crippen molar-refractivity contribution in [1.82, 2.24) is 0 Å². The molecule has 1 aromatic carbocycles.